The summed E-state index contributed by atoms with van der Waals surface area (Å²) in [4.78, 5) is 11.5. The molecule has 2 rings (SSSR count). The van der Waals surface area contributed by atoms with Gasteiger partial charge in [0.05, 0.1) is 39.9 Å². The monoisotopic (exact) mass is 560 g/mol. The highest BCUT2D eigenvalue weighted by atomic mass is 28.4. The van der Waals surface area contributed by atoms with Crippen molar-refractivity contribution in [2.75, 3.05) is 33.8 Å². The maximum absolute atomic E-state index is 11.5. The van der Waals surface area contributed by atoms with Gasteiger partial charge in [-0.15, -0.1) is 0 Å². The van der Waals surface area contributed by atoms with E-state index < -0.39 is 39.2 Å². The highest BCUT2D eigenvalue weighted by molar-refractivity contribution is 6.61. The number of carbonyl (C=O) groups is 1. The summed E-state index contributed by atoms with van der Waals surface area (Å²) in [5.74, 6) is -2.09. The number of hydrogen-bond donors (Lipinski definition) is 3. The van der Waals surface area contributed by atoms with Gasteiger partial charge in [-0.2, -0.15) is 0 Å². The molecule has 5 atom stereocenters. The molecule has 0 aromatic carbocycles. The fourth-order valence-corrected chi connectivity index (χ4v) is 8.57. The lowest BCUT2D eigenvalue weighted by molar-refractivity contribution is -0.890. The third-order valence-electron chi connectivity index (χ3n) is 8.30. The Balaban J connectivity index is 1.47. The van der Waals surface area contributed by atoms with E-state index in [1.807, 2.05) is 0 Å². The van der Waals surface area contributed by atoms with Crippen LogP contribution in [-0.4, -0.2) is 86.9 Å². The summed E-state index contributed by atoms with van der Waals surface area (Å²) in [5, 5.41) is 29.6. The molecule has 0 aliphatic carbocycles. The fraction of sp³-hybridized carbons (Fsp3) is 0.966. The molecule has 0 amide bonds. The quantitative estimate of drug-likeness (QED) is 0.0915. The number of fused-ring (bicyclic) bond motifs is 2. The Hall–Kier alpha value is -0.553. The van der Waals surface area contributed by atoms with Gasteiger partial charge < -0.3 is 33.1 Å². The Morgan fingerprint density at radius 3 is 1.74 bits per heavy atom. The van der Waals surface area contributed by atoms with Gasteiger partial charge in [0.25, 0.3) is 0 Å². The Kier molecular flexibility index (Phi) is 15.9. The molecule has 8 nitrogen and oxygen atoms in total. The van der Waals surface area contributed by atoms with Crippen molar-refractivity contribution < 1.29 is 37.9 Å². The number of unbranched alkanes of at least 4 members (excludes halogenated alkanes) is 15. The predicted octanol–water partition coefficient (Wildman–Crippen LogP) is 5.48. The molecular weight excluding hydrogens is 502 g/mol. The highest BCUT2D eigenvalue weighted by Gasteiger charge is 2.59. The van der Waals surface area contributed by atoms with Crippen molar-refractivity contribution in [2.24, 2.45) is 5.92 Å². The van der Waals surface area contributed by atoms with Crippen LogP contribution in [0.3, 0.4) is 0 Å². The first-order valence-electron chi connectivity index (χ1n) is 15.6. The van der Waals surface area contributed by atoms with Gasteiger partial charge in [-0.05, 0) is 12.8 Å². The molecule has 2 heterocycles. The third-order valence-corrected chi connectivity index (χ3v) is 11.1. The van der Waals surface area contributed by atoms with Crippen LogP contribution < -0.4 is 0 Å². The smallest absolute Gasteiger partial charge is 0.481 e. The Labute approximate surface area is 233 Å². The number of aliphatic carboxylic acids is 1. The van der Waals surface area contributed by atoms with Gasteiger partial charge in [-0.3, -0.25) is 4.79 Å². The summed E-state index contributed by atoms with van der Waals surface area (Å²) in [5.41, 5.74) is 0. The van der Waals surface area contributed by atoms with Crippen molar-refractivity contribution in [1.82, 2.24) is 0 Å². The number of aliphatic hydroxyl groups excluding tert-OH is 2. The predicted molar refractivity (Wildman–Crippen MR) is 152 cm³/mol. The summed E-state index contributed by atoms with van der Waals surface area (Å²) in [6, 6.07) is 0.514. The summed E-state index contributed by atoms with van der Waals surface area (Å²) >= 11 is 0. The molecule has 0 aromatic heterocycles. The van der Waals surface area contributed by atoms with Gasteiger partial charge in [0.15, 0.2) is 6.29 Å². The molecule has 2 aliphatic heterocycles. The van der Waals surface area contributed by atoms with Gasteiger partial charge in [-0.1, -0.05) is 96.8 Å². The van der Waals surface area contributed by atoms with Gasteiger partial charge in [0.2, 0.25) is 0 Å². The van der Waals surface area contributed by atoms with Crippen LogP contribution in [0.5, 0.6) is 0 Å². The second kappa shape index (κ2) is 18.0. The van der Waals surface area contributed by atoms with E-state index in [4.69, 9.17) is 13.3 Å². The molecule has 5 unspecified atom stereocenters. The second-order valence-corrected chi connectivity index (χ2v) is 14.9. The van der Waals surface area contributed by atoms with E-state index >= 15 is 0 Å². The molecule has 38 heavy (non-hydrogen) atoms. The average Bonchev–Trinajstić information content (AvgIpc) is 2.87. The van der Waals surface area contributed by atoms with Gasteiger partial charge in [-0.25, -0.2) is 0 Å². The lowest BCUT2D eigenvalue weighted by Crippen LogP contribution is -2.68. The third kappa shape index (κ3) is 12.3. The number of rotatable bonds is 22. The van der Waals surface area contributed by atoms with Crippen molar-refractivity contribution in [2.45, 2.75) is 141 Å². The molecule has 2 bridgehead atoms. The zero-order valence-electron chi connectivity index (χ0n) is 24.6. The van der Waals surface area contributed by atoms with E-state index in [1.165, 1.54) is 103 Å². The van der Waals surface area contributed by atoms with Crippen molar-refractivity contribution in [3.8, 4) is 0 Å². The summed E-state index contributed by atoms with van der Waals surface area (Å²) in [6.07, 6.45) is 19.0. The maximum atomic E-state index is 11.5. The number of quaternary nitrogens is 1. The largest absolute Gasteiger partial charge is 0.503 e. The first-order valence-corrected chi connectivity index (χ1v) is 17.5. The van der Waals surface area contributed by atoms with Crippen LogP contribution in [0.1, 0.15) is 116 Å². The highest BCUT2D eigenvalue weighted by Crippen LogP contribution is 2.36. The van der Waals surface area contributed by atoms with E-state index in [2.05, 4.69) is 21.0 Å². The molecule has 0 aromatic rings. The van der Waals surface area contributed by atoms with E-state index in [9.17, 15) is 20.1 Å². The second-order valence-electron chi connectivity index (χ2n) is 12.3. The number of aliphatic hydroxyl groups is 2. The lowest BCUT2D eigenvalue weighted by Gasteiger charge is -2.48. The summed E-state index contributed by atoms with van der Waals surface area (Å²) < 4.78 is 18.1. The molecule has 2 fully saturated rings. The lowest BCUT2D eigenvalue weighted by atomic mass is 9.98. The molecule has 2 saturated heterocycles. The fourth-order valence-electron chi connectivity index (χ4n) is 5.75. The molecule has 0 saturated carbocycles. The molecular formula is C29H58NO7Si+. The molecule has 224 valence electrons. The SMILES string of the molecule is CCCCCCCCCCCCCCCCCC[N+](C)(C)CCC[Si]12OCC(C(=O)O)C(O1)C(O)C(O)O2. The molecule has 0 radical (unpaired) electrons. The van der Waals surface area contributed by atoms with Crippen LogP contribution in [0.15, 0.2) is 0 Å². The van der Waals surface area contributed by atoms with Crippen LogP contribution >= 0.6 is 0 Å². The number of carboxylic acids is 1. The molecule has 3 N–H and O–H groups in total. The maximum Gasteiger partial charge on any atom is 0.503 e. The Morgan fingerprint density at radius 1 is 0.763 bits per heavy atom. The zero-order valence-corrected chi connectivity index (χ0v) is 25.6. The van der Waals surface area contributed by atoms with E-state index in [0.717, 1.165) is 24.0 Å². The minimum absolute atomic E-state index is 0.0482. The number of nitrogens with zero attached hydrogens (tertiary/aromatic N) is 1. The first-order chi connectivity index (χ1) is 18.2. The molecule has 2 aliphatic rings. The van der Waals surface area contributed by atoms with Crippen LogP contribution in [-0.2, 0) is 18.1 Å². The topological polar surface area (TPSA) is 105 Å². The van der Waals surface area contributed by atoms with E-state index in [0.29, 0.717) is 6.04 Å². The minimum atomic E-state index is -3.19. The van der Waals surface area contributed by atoms with Crippen LogP contribution in [0.25, 0.3) is 0 Å². The van der Waals surface area contributed by atoms with Gasteiger partial charge in [0, 0.05) is 12.5 Å². The van der Waals surface area contributed by atoms with Gasteiger partial charge >= 0.3 is 14.8 Å². The Morgan fingerprint density at radius 2 is 1.24 bits per heavy atom. The van der Waals surface area contributed by atoms with E-state index in [1.54, 1.807) is 0 Å². The number of hydrogen-bond acceptors (Lipinski definition) is 6. The van der Waals surface area contributed by atoms with Crippen molar-refractivity contribution in [3.63, 3.8) is 0 Å². The van der Waals surface area contributed by atoms with Crippen molar-refractivity contribution in [3.05, 3.63) is 0 Å². The first kappa shape index (κ1) is 33.7. The molecule has 0 spiro atoms. The standard InChI is InChI=1S/C29H57NO7Si/c1-4-5-6-7-8-9-10-11-12-13-14-15-16-17-18-19-21-30(2,3)22-20-23-38-35-24-25(28(32)33)27(36-38)26(31)29(34)37-38/h25-27,29,31,34H,4-24H2,1-3H3/p+1. The number of carboxylic acid groups (broad SMARTS) is 1. The van der Waals surface area contributed by atoms with Crippen LogP contribution in [0.2, 0.25) is 6.04 Å². The van der Waals surface area contributed by atoms with Crippen LogP contribution in [0.4, 0.5) is 0 Å². The van der Waals surface area contributed by atoms with Crippen molar-refractivity contribution in [1.29, 1.82) is 0 Å². The minimum Gasteiger partial charge on any atom is -0.481 e. The van der Waals surface area contributed by atoms with E-state index in [-0.39, 0.29) is 6.61 Å². The zero-order chi connectivity index (χ0) is 27.9. The summed E-state index contributed by atoms with van der Waals surface area (Å²) in [6.45, 7) is 4.27. The van der Waals surface area contributed by atoms with Crippen molar-refractivity contribution >= 4 is 14.8 Å². The average molecular weight is 561 g/mol. The molecule has 9 heteroatoms. The normalized spacial score (nSPS) is 27.5. The summed E-state index contributed by atoms with van der Waals surface area (Å²) in [7, 11) is 1.28. The Bertz CT molecular complexity index is 652. The van der Waals surface area contributed by atoms with Gasteiger partial charge in [0.1, 0.15) is 12.0 Å². The van der Waals surface area contributed by atoms with Crippen LogP contribution in [0, 0.1) is 5.92 Å².